The van der Waals surface area contributed by atoms with Crippen LogP contribution < -0.4 is 14.4 Å². The minimum Gasteiger partial charge on any atom is -0.503 e. The number of rotatable bonds is 14. The average Bonchev–Trinajstić information content (AvgIpc) is 3.62. The lowest BCUT2D eigenvalue weighted by Gasteiger charge is -2.24. The number of allylic oxidation sites excluding steroid dienone is 1. The summed E-state index contributed by atoms with van der Waals surface area (Å²) in [5.41, 5.74) is 2.14. The zero-order chi connectivity index (χ0) is 32.6. The molecular weight excluding hydrogens is 626 g/mol. The van der Waals surface area contributed by atoms with Crippen LogP contribution in [0.2, 0.25) is 0 Å². The first-order chi connectivity index (χ1) is 22.2. The van der Waals surface area contributed by atoms with Crippen molar-refractivity contribution < 1.29 is 28.6 Å². The topological polar surface area (TPSA) is 102 Å². The van der Waals surface area contributed by atoms with E-state index in [2.05, 4.69) is 24.0 Å². The first-order valence-corrected chi connectivity index (χ1v) is 16.7. The number of thioether (sulfide) groups is 1. The van der Waals surface area contributed by atoms with E-state index in [1.54, 1.807) is 36.4 Å². The Kier molecular flexibility index (Phi) is 10.9. The molecule has 238 valence electrons. The van der Waals surface area contributed by atoms with Crippen LogP contribution in [0.5, 0.6) is 11.5 Å². The van der Waals surface area contributed by atoms with Gasteiger partial charge in [0.2, 0.25) is 5.13 Å². The van der Waals surface area contributed by atoms with E-state index in [-0.39, 0.29) is 16.5 Å². The Hall–Kier alpha value is -4.48. The van der Waals surface area contributed by atoms with Crippen molar-refractivity contribution in [3.8, 4) is 11.5 Å². The summed E-state index contributed by atoms with van der Waals surface area (Å²) in [5, 5.41) is 19.9. The number of halogens is 1. The van der Waals surface area contributed by atoms with Gasteiger partial charge in [-0.25, -0.2) is 4.39 Å². The molecule has 1 aliphatic rings. The number of carbonyl (C=O) groups excluding carboxylic acids is 2. The van der Waals surface area contributed by atoms with E-state index >= 15 is 0 Å². The standard InChI is InChI=1S/C35H34FN3O5S2/c1-4-43-29-20-25(13-17-28(29)44-19-18-22(2)3)31-30(27(40)16-12-23-8-6-5-7-9-23)32(41)33(42)39(31)34-37-38-35(46-34)45-21-24-10-14-26(36)15-11-24/h5-17,20,22,31,41H,4,18-19,21H2,1-3H3. The molecular formula is C35H34FN3O5S2. The zero-order valence-corrected chi connectivity index (χ0v) is 27.3. The van der Waals surface area contributed by atoms with Gasteiger partial charge >= 0.3 is 0 Å². The monoisotopic (exact) mass is 659 g/mol. The molecule has 1 amide bonds. The molecule has 3 aromatic carbocycles. The minimum atomic E-state index is -1.01. The molecule has 1 N–H and O–H groups in total. The molecule has 0 bridgehead atoms. The molecule has 0 spiro atoms. The predicted molar refractivity (Wildman–Crippen MR) is 179 cm³/mol. The number of ether oxygens (including phenoxy) is 2. The number of carbonyl (C=O) groups is 2. The van der Waals surface area contributed by atoms with Crippen molar-refractivity contribution in [3.63, 3.8) is 0 Å². The number of hydrogen-bond acceptors (Lipinski definition) is 9. The fourth-order valence-corrected chi connectivity index (χ4v) is 6.59. The van der Waals surface area contributed by atoms with Gasteiger partial charge in [0.25, 0.3) is 5.91 Å². The molecule has 0 fully saturated rings. The average molecular weight is 660 g/mol. The molecule has 0 saturated heterocycles. The van der Waals surface area contributed by atoms with Crippen molar-refractivity contribution >= 4 is 46.0 Å². The number of anilines is 1. The SMILES string of the molecule is CCOc1cc(C2C(C(=O)C=Cc3ccccc3)=C(O)C(=O)N2c2nnc(SCc3ccc(F)cc3)s2)ccc1OCCC(C)C. The first-order valence-electron chi connectivity index (χ1n) is 14.9. The van der Waals surface area contributed by atoms with Crippen molar-refractivity contribution in [2.75, 3.05) is 18.1 Å². The molecule has 0 radical (unpaired) electrons. The van der Waals surface area contributed by atoms with Crippen LogP contribution >= 0.6 is 23.1 Å². The Balaban J connectivity index is 1.49. The van der Waals surface area contributed by atoms with E-state index in [1.165, 1.54) is 34.9 Å². The number of benzene rings is 3. The van der Waals surface area contributed by atoms with Gasteiger partial charge in [0.05, 0.1) is 24.8 Å². The molecule has 8 nitrogen and oxygen atoms in total. The van der Waals surface area contributed by atoms with E-state index in [0.29, 0.717) is 46.3 Å². The second-order valence-corrected chi connectivity index (χ2v) is 13.1. The number of hydrogen-bond donors (Lipinski definition) is 1. The molecule has 46 heavy (non-hydrogen) atoms. The summed E-state index contributed by atoms with van der Waals surface area (Å²) >= 11 is 2.55. The molecule has 11 heteroatoms. The van der Waals surface area contributed by atoms with E-state index in [9.17, 15) is 19.1 Å². The van der Waals surface area contributed by atoms with Crippen molar-refractivity contribution in [2.45, 2.75) is 43.3 Å². The highest BCUT2D eigenvalue weighted by Gasteiger charge is 2.45. The van der Waals surface area contributed by atoms with E-state index in [1.807, 2.05) is 37.3 Å². The van der Waals surface area contributed by atoms with Crippen LogP contribution in [0.3, 0.4) is 0 Å². The summed E-state index contributed by atoms with van der Waals surface area (Å²) in [6.07, 6.45) is 3.85. The van der Waals surface area contributed by atoms with E-state index < -0.39 is 23.5 Å². The molecule has 1 unspecified atom stereocenters. The molecule has 0 saturated carbocycles. The number of aliphatic hydroxyl groups is 1. The summed E-state index contributed by atoms with van der Waals surface area (Å²) in [5.74, 6) is -0.271. The minimum absolute atomic E-state index is 0.0798. The largest absolute Gasteiger partial charge is 0.503 e. The maximum Gasteiger partial charge on any atom is 0.296 e. The molecule has 0 aliphatic carbocycles. The van der Waals surface area contributed by atoms with Gasteiger partial charge in [-0.1, -0.05) is 91.6 Å². The smallest absolute Gasteiger partial charge is 0.296 e. The lowest BCUT2D eigenvalue weighted by Crippen LogP contribution is -2.31. The molecule has 1 atom stereocenters. The van der Waals surface area contributed by atoms with Crippen molar-refractivity contribution in [3.05, 3.63) is 113 Å². The number of aliphatic hydroxyl groups excluding tert-OH is 1. The van der Waals surface area contributed by atoms with Gasteiger partial charge in [-0.05, 0) is 66.3 Å². The molecule has 2 heterocycles. The number of nitrogens with zero attached hydrogens (tertiary/aromatic N) is 3. The Morgan fingerprint density at radius 2 is 1.83 bits per heavy atom. The number of ketones is 1. The van der Waals surface area contributed by atoms with Crippen LogP contribution in [0.4, 0.5) is 9.52 Å². The molecule has 1 aromatic heterocycles. The Morgan fingerprint density at radius 1 is 1.07 bits per heavy atom. The molecule has 4 aromatic rings. The van der Waals surface area contributed by atoms with Crippen LogP contribution in [0.25, 0.3) is 6.08 Å². The van der Waals surface area contributed by atoms with Gasteiger partial charge in [0.15, 0.2) is 27.4 Å². The summed E-state index contributed by atoms with van der Waals surface area (Å²) in [6.45, 7) is 6.96. The highest BCUT2D eigenvalue weighted by atomic mass is 32.2. The molecule has 5 rings (SSSR count). The lowest BCUT2D eigenvalue weighted by molar-refractivity contribution is -0.117. The fourth-order valence-electron chi connectivity index (χ4n) is 4.77. The van der Waals surface area contributed by atoms with Gasteiger partial charge in [0, 0.05) is 5.75 Å². The third kappa shape index (κ3) is 7.83. The van der Waals surface area contributed by atoms with E-state index in [4.69, 9.17) is 9.47 Å². The number of aromatic nitrogens is 2. The van der Waals surface area contributed by atoms with Gasteiger partial charge in [0.1, 0.15) is 5.82 Å². The maximum atomic E-state index is 13.7. The Morgan fingerprint density at radius 3 is 2.54 bits per heavy atom. The first kappa shape index (κ1) is 32.9. The summed E-state index contributed by atoms with van der Waals surface area (Å²) in [7, 11) is 0. The normalized spacial score (nSPS) is 14.9. The van der Waals surface area contributed by atoms with E-state index in [0.717, 1.165) is 28.9 Å². The second kappa shape index (κ2) is 15.2. The highest BCUT2D eigenvalue weighted by molar-refractivity contribution is 8.00. The Bertz CT molecular complexity index is 1740. The van der Waals surface area contributed by atoms with Crippen molar-refractivity contribution in [1.29, 1.82) is 0 Å². The lowest BCUT2D eigenvalue weighted by atomic mass is 9.95. The summed E-state index contributed by atoms with van der Waals surface area (Å²) in [6, 6.07) is 19.7. The third-order valence-corrected chi connectivity index (χ3v) is 9.24. The van der Waals surface area contributed by atoms with Crippen LogP contribution in [-0.2, 0) is 15.3 Å². The number of amides is 1. The zero-order valence-electron chi connectivity index (χ0n) is 25.7. The van der Waals surface area contributed by atoms with Gasteiger partial charge in [-0.2, -0.15) is 0 Å². The molecule has 1 aliphatic heterocycles. The van der Waals surface area contributed by atoms with Gasteiger partial charge in [-0.3, -0.25) is 14.5 Å². The maximum absolute atomic E-state index is 13.7. The van der Waals surface area contributed by atoms with Gasteiger partial charge < -0.3 is 14.6 Å². The van der Waals surface area contributed by atoms with Crippen LogP contribution in [0, 0.1) is 11.7 Å². The van der Waals surface area contributed by atoms with Crippen LogP contribution in [-0.4, -0.2) is 40.2 Å². The van der Waals surface area contributed by atoms with Crippen molar-refractivity contribution in [2.24, 2.45) is 5.92 Å². The van der Waals surface area contributed by atoms with Crippen LogP contribution in [0.1, 0.15) is 49.9 Å². The summed E-state index contributed by atoms with van der Waals surface area (Å²) in [4.78, 5) is 28.7. The van der Waals surface area contributed by atoms with Crippen LogP contribution in [0.15, 0.2) is 94.5 Å². The van der Waals surface area contributed by atoms with Crippen molar-refractivity contribution in [1.82, 2.24) is 10.2 Å². The highest BCUT2D eigenvalue weighted by Crippen LogP contribution is 2.45. The second-order valence-electron chi connectivity index (χ2n) is 10.9. The Labute approximate surface area is 275 Å². The third-order valence-electron chi connectivity index (χ3n) is 7.11. The fraction of sp³-hybridized carbons (Fsp3) is 0.257. The van der Waals surface area contributed by atoms with Gasteiger partial charge in [-0.15, -0.1) is 10.2 Å². The predicted octanol–water partition coefficient (Wildman–Crippen LogP) is 7.98. The summed E-state index contributed by atoms with van der Waals surface area (Å²) < 4.78 is 25.8. The quantitative estimate of drug-likeness (QED) is 0.0826.